The third-order valence-corrected chi connectivity index (χ3v) is 2.05. The highest BCUT2D eigenvalue weighted by molar-refractivity contribution is 5.43. The molecule has 0 aliphatic rings. The number of aryl methyl sites for hydroxylation is 1. The first-order chi connectivity index (χ1) is 6.84. The van der Waals surface area contributed by atoms with Crippen molar-refractivity contribution in [1.29, 1.82) is 0 Å². The third kappa shape index (κ3) is 4.37. The van der Waals surface area contributed by atoms with Crippen LogP contribution in [-0.2, 0) is 5.41 Å². The Kier molecular flexibility index (Phi) is 5.41. The minimum Gasteiger partial charge on any atom is -0.507 e. The number of rotatable bonds is 0. The number of aromatic hydroxyl groups is 1. The van der Waals surface area contributed by atoms with Crippen molar-refractivity contribution < 1.29 is 5.11 Å². The Hall–Kier alpha value is -0.980. The molecule has 0 spiro atoms. The number of phenolic OH excluding ortho intramolecular Hbond substituents is 1. The first-order valence-corrected chi connectivity index (χ1v) is 5.63. The molecular formula is C14H24O. The van der Waals surface area contributed by atoms with E-state index >= 15 is 0 Å². The lowest BCUT2D eigenvalue weighted by Gasteiger charge is -2.20. The first kappa shape index (κ1) is 14.0. The van der Waals surface area contributed by atoms with Crippen molar-refractivity contribution in [3.05, 3.63) is 29.3 Å². The summed E-state index contributed by atoms with van der Waals surface area (Å²) >= 11 is 0. The number of para-hydroxylation sites is 1. The van der Waals surface area contributed by atoms with E-state index in [-0.39, 0.29) is 5.41 Å². The lowest BCUT2D eigenvalue weighted by Crippen LogP contribution is -2.11. The fourth-order valence-corrected chi connectivity index (χ4v) is 1.26. The highest BCUT2D eigenvalue weighted by atomic mass is 16.3. The second kappa shape index (κ2) is 5.79. The van der Waals surface area contributed by atoms with Crippen molar-refractivity contribution >= 4 is 0 Å². The Labute approximate surface area is 94.2 Å². The highest BCUT2D eigenvalue weighted by Crippen LogP contribution is 2.32. The molecule has 1 aromatic carbocycles. The van der Waals surface area contributed by atoms with E-state index in [2.05, 4.69) is 34.6 Å². The van der Waals surface area contributed by atoms with Crippen LogP contribution in [0.25, 0.3) is 0 Å². The predicted octanol–water partition coefficient (Wildman–Crippen LogP) is 4.41. The zero-order chi connectivity index (χ0) is 12.1. The van der Waals surface area contributed by atoms with Crippen LogP contribution in [0.3, 0.4) is 0 Å². The first-order valence-electron chi connectivity index (χ1n) is 5.63. The summed E-state index contributed by atoms with van der Waals surface area (Å²) in [5.74, 6) is 0.435. The molecule has 0 saturated heterocycles. The van der Waals surface area contributed by atoms with E-state index in [1.807, 2.05) is 25.1 Å². The summed E-state index contributed by atoms with van der Waals surface area (Å²) in [5.41, 5.74) is 1.99. The standard InChI is InChI=1S/C11H16O.C3H8/c1-8-6-5-7-9(10(8)12)11(2,3)4;1-3-2/h5-7,12H,1-4H3;3H2,1-2H3. The molecule has 1 nitrogen and oxygen atoms in total. The van der Waals surface area contributed by atoms with Crippen LogP contribution < -0.4 is 0 Å². The summed E-state index contributed by atoms with van der Waals surface area (Å²) in [6.07, 6.45) is 1.25. The Morgan fingerprint density at radius 1 is 1.13 bits per heavy atom. The van der Waals surface area contributed by atoms with Crippen LogP contribution in [0.15, 0.2) is 18.2 Å². The van der Waals surface area contributed by atoms with Crippen molar-refractivity contribution in [2.24, 2.45) is 0 Å². The van der Waals surface area contributed by atoms with E-state index in [9.17, 15) is 5.11 Å². The maximum absolute atomic E-state index is 9.73. The van der Waals surface area contributed by atoms with Crippen molar-refractivity contribution in [3.63, 3.8) is 0 Å². The van der Waals surface area contributed by atoms with Gasteiger partial charge in [-0.3, -0.25) is 0 Å². The summed E-state index contributed by atoms with van der Waals surface area (Å²) in [5, 5.41) is 9.73. The molecule has 1 aromatic rings. The van der Waals surface area contributed by atoms with Crippen molar-refractivity contribution in [2.45, 2.75) is 53.4 Å². The highest BCUT2D eigenvalue weighted by Gasteiger charge is 2.18. The van der Waals surface area contributed by atoms with Gasteiger partial charge < -0.3 is 5.11 Å². The molecule has 0 heterocycles. The molecule has 86 valence electrons. The minimum atomic E-state index is 0.0239. The van der Waals surface area contributed by atoms with Gasteiger partial charge in [0, 0.05) is 0 Å². The molecule has 1 rings (SSSR count). The average Bonchev–Trinajstić information content (AvgIpc) is 2.09. The van der Waals surface area contributed by atoms with Gasteiger partial charge in [-0.2, -0.15) is 0 Å². The van der Waals surface area contributed by atoms with Gasteiger partial charge in [-0.05, 0) is 23.5 Å². The van der Waals surface area contributed by atoms with Crippen LogP contribution in [0, 0.1) is 6.92 Å². The lowest BCUT2D eigenvalue weighted by molar-refractivity contribution is 0.443. The molecule has 0 aliphatic carbocycles. The van der Waals surface area contributed by atoms with Gasteiger partial charge in [-0.25, -0.2) is 0 Å². The topological polar surface area (TPSA) is 20.2 Å². The lowest BCUT2D eigenvalue weighted by atomic mass is 9.85. The maximum atomic E-state index is 9.73. The maximum Gasteiger partial charge on any atom is 0.122 e. The van der Waals surface area contributed by atoms with Gasteiger partial charge >= 0.3 is 0 Å². The predicted molar refractivity (Wildman–Crippen MR) is 67.5 cm³/mol. The summed E-state index contributed by atoms with van der Waals surface area (Å²) in [4.78, 5) is 0. The zero-order valence-corrected chi connectivity index (χ0v) is 10.9. The Morgan fingerprint density at radius 2 is 1.60 bits per heavy atom. The van der Waals surface area contributed by atoms with Crippen LogP contribution in [0.2, 0.25) is 0 Å². The van der Waals surface area contributed by atoms with Gasteiger partial charge in [0.2, 0.25) is 0 Å². The molecule has 0 fully saturated rings. The zero-order valence-electron chi connectivity index (χ0n) is 10.9. The number of hydrogen-bond acceptors (Lipinski definition) is 1. The fraction of sp³-hybridized carbons (Fsp3) is 0.571. The molecular weight excluding hydrogens is 184 g/mol. The largest absolute Gasteiger partial charge is 0.507 e. The van der Waals surface area contributed by atoms with Crippen LogP contribution >= 0.6 is 0 Å². The Morgan fingerprint density at radius 3 is 1.93 bits per heavy atom. The molecule has 0 saturated carbocycles. The second-order valence-corrected chi connectivity index (χ2v) is 4.93. The van der Waals surface area contributed by atoms with Gasteiger partial charge in [0.1, 0.15) is 5.75 Å². The minimum absolute atomic E-state index is 0.0239. The van der Waals surface area contributed by atoms with E-state index in [1.54, 1.807) is 0 Å². The summed E-state index contributed by atoms with van der Waals surface area (Å²) < 4.78 is 0. The number of hydrogen-bond donors (Lipinski definition) is 1. The van der Waals surface area contributed by atoms with Gasteiger partial charge in [-0.15, -0.1) is 0 Å². The van der Waals surface area contributed by atoms with E-state index in [0.717, 1.165) is 11.1 Å². The molecule has 1 N–H and O–H groups in total. The number of phenols is 1. The van der Waals surface area contributed by atoms with E-state index in [4.69, 9.17) is 0 Å². The van der Waals surface area contributed by atoms with Gasteiger partial charge in [0.25, 0.3) is 0 Å². The Bertz CT molecular complexity index is 295. The monoisotopic (exact) mass is 208 g/mol. The smallest absolute Gasteiger partial charge is 0.122 e. The summed E-state index contributed by atoms with van der Waals surface area (Å²) in [7, 11) is 0. The van der Waals surface area contributed by atoms with E-state index < -0.39 is 0 Å². The fourth-order valence-electron chi connectivity index (χ4n) is 1.26. The molecule has 0 atom stereocenters. The van der Waals surface area contributed by atoms with Gasteiger partial charge in [-0.1, -0.05) is 59.2 Å². The second-order valence-electron chi connectivity index (χ2n) is 4.93. The molecule has 1 heteroatoms. The molecule has 0 bridgehead atoms. The van der Waals surface area contributed by atoms with Crippen molar-refractivity contribution in [2.75, 3.05) is 0 Å². The Balaban J connectivity index is 0.000000583. The molecule has 0 aromatic heterocycles. The van der Waals surface area contributed by atoms with Crippen LogP contribution in [0.5, 0.6) is 5.75 Å². The van der Waals surface area contributed by atoms with Crippen molar-refractivity contribution in [1.82, 2.24) is 0 Å². The van der Waals surface area contributed by atoms with Crippen molar-refractivity contribution in [3.8, 4) is 5.75 Å². The van der Waals surface area contributed by atoms with Gasteiger partial charge in [0.15, 0.2) is 0 Å². The average molecular weight is 208 g/mol. The molecule has 0 amide bonds. The van der Waals surface area contributed by atoms with Gasteiger partial charge in [0.05, 0.1) is 0 Å². The molecule has 0 unspecified atom stereocenters. The summed E-state index contributed by atoms with van der Waals surface area (Å²) in [6, 6.07) is 5.88. The van der Waals surface area contributed by atoms with Crippen LogP contribution in [0.1, 0.15) is 52.2 Å². The molecule has 15 heavy (non-hydrogen) atoms. The van der Waals surface area contributed by atoms with E-state index in [1.165, 1.54) is 6.42 Å². The normalized spacial score (nSPS) is 10.5. The molecule has 0 aliphatic heterocycles. The SMILES string of the molecule is CCC.Cc1cccc(C(C)(C)C)c1O. The summed E-state index contributed by atoms with van der Waals surface area (Å²) in [6.45, 7) is 12.5. The van der Waals surface area contributed by atoms with Crippen LogP contribution in [0.4, 0.5) is 0 Å². The number of benzene rings is 1. The quantitative estimate of drug-likeness (QED) is 0.669. The van der Waals surface area contributed by atoms with Crippen LogP contribution in [-0.4, -0.2) is 5.11 Å². The molecule has 0 radical (unpaired) electrons. The third-order valence-electron chi connectivity index (χ3n) is 2.05. The van der Waals surface area contributed by atoms with E-state index in [0.29, 0.717) is 5.75 Å².